The SMILES string of the molecule is CC.CC.CNCC(C)(C)COCC(C)(C)CNC.CS. The van der Waals surface area contributed by atoms with Gasteiger partial charge in [0.05, 0.1) is 13.2 Å². The van der Waals surface area contributed by atoms with Gasteiger partial charge in [-0.2, -0.15) is 12.6 Å². The summed E-state index contributed by atoms with van der Waals surface area (Å²) in [7, 11) is 3.96. The molecule has 0 atom stereocenters. The highest BCUT2D eigenvalue weighted by molar-refractivity contribution is 7.79. The maximum Gasteiger partial charge on any atom is 0.0529 e. The van der Waals surface area contributed by atoms with Gasteiger partial charge in [0.25, 0.3) is 0 Å². The van der Waals surface area contributed by atoms with Crippen LogP contribution in [0, 0.1) is 10.8 Å². The van der Waals surface area contributed by atoms with Crippen molar-refractivity contribution < 1.29 is 4.74 Å². The number of hydrogen-bond donors (Lipinski definition) is 3. The summed E-state index contributed by atoms with van der Waals surface area (Å²) >= 11 is 3.53. The lowest BCUT2D eigenvalue weighted by Crippen LogP contribution is -2.35. The van der Waals surface area contributed by atoms with Gasteiger partial charge in [0.1, 0.15) is 0 Å². The second-order valence-corrected chi connectivity index (χ2v) is 5.88. The number of nitrogens with one attached hydrogen (secondary N) is 2. The van der Waals surface area contributed by atoms with Gasteiger partial charge in [-0.05, 0) is 20.4 Å². The van der Waals surface area contributed by atoms with Crippen molar-refractivity contribution >= 4 is 12.6 Å². The lowest BCUT2D eigenvalue weighted by molar-refractivity contribution is 0.0168. The normalized spacial score (nSPS) is 10.3. The summed E-state index contributed by atoms with van der Waals surface area (Å²) in [5, 5.41) is 6.38. The Morgan fingerprint density at radius 3 is 1.14 bits per heavy atom. The van der Waals surface area contributed by atoms with E-state index in [-0.39, 0.29) is 10.8 Å². The van der Waals surface area contributed by atoms with Crippen LogP contribution in [0.25, 0.3) is 0 Å². The van der Waals surface area contributed by atoms with Gasteiger partial charge in [-0.3, -0.25) is 0 Å². The summed E-state index contributed by atoms with van der Waals surface area (Å²) in [5.41, 5.74) is 0.426. The molecule has 0 aliphatic carbocycles. The van der Waals surface area contributed by atoms with Gasteiger partial charge in [0.15, 0.2) is 0 Å². The Labute approximate surface area is 141 Å². The Morgan fingerprint density at radius 2 is 0.952 bits per heavy atom. The smallest absolute Gasteiger partial charge is 0.0529 e. The highest BCUT2D eigenvalue weighted by Gasteiger charge is 2.21. The quantitative estimate of drug-likeness (QED) is 0.588. The molecule has 0 spiro atoms. The monoisotopic (exact) mass is 324 g/mol. The van der Waals surface area contributed by atoms with Gasteiger partial charge in [-0.25, -0.2) is 0 Å². The molecule has 0 saturated carbocycles. The molecule has 3 nitrogen and oxygen atoms in total. The average Bonchev–Trinajstić information content (AvgIpc) is 2.44. The van der Waals surface area contributed by atoms with E-state index in [0.717, 1.165) is 26.3 Å². The van der Waals surface area contributed by atoms with E-state index in [4.69, 9.17) is 4.74 Å². The summed E-state index contributed by atoms with van der Waals surface area (Å²) in [5.74, 6) is 0. The molecule has 0 radical (unpaired) electrons. The van der Waals surface area contributed by atoms with Crippen molar-refractivity contribution in [2.24, 2.45) is 10.8 Å². The third-order valence-electron chi connectivity index (χ3n) is 2.30. The van der Waals surface area contributed by atoms with E-state index in [1.165, 1.54) is 0 Å². The predicted octanol–water partition coefficient (Wildman–Crippen LogP) is 4.09. The molecule has 0 amide bonds. The van der Waals surface area contributed by atoms with Crippen LogP contribution in [0.2, 0.25) is 0 Å². The minimum absolute atomic E-state index is 0.213. The zero-order chi connectivity index (χ0) is 17.9. The first-order chi connectivity index (χ1) is 9.83. The fourth-order valence-electron chi connectivity index (χ4n) is 1.66. The number of hydrogen-bond acceptors (Lipinski definition) is 4. The van der Waals surface area contributed by atoms with Crippen LogP contribution in [0.5, 0.6) is 0 Å². The van der Waals surface area contributed by atoms with Gasteiger partial charge in [-0.15, -0.1) is 0 Å². The fraction of sp³-hybridized carbons (Fsp3) is 1.00. The summed E-state index contributed by atoms with van der Waals surface area (Å²) in [6.07, 6.45) is 1.69. The molecule has 0 aromatic heterocycles. The van der Waals surface area contributed by atoms with E-state index >= 15 is 0 Å². The Morgan fingerprint density at radius 1 is 0.714 bits per heavy atom. The maximum atomic E-state index is 5.79. The van der Waals surface area contributed by atoms with Gasteiger partial charge >= 0.3 is 0 Å². The molecule has 0 unspecified atom stereocenters. The van der Waals surface area contributed by atoms with Crippen molar-refractivity contribution in [1.29, 1.82) is 0 Å². The average molecular weight is 325 g/mol. The Hall–Kier alpha value is 0.230. The molecule has 0 rings (SSSR count). The highest BCUT2D eigenvalue weighted by Crippen LogP contribution is 2.18. The van der Waals surface area contributed by atoms with E-state index in [1.54, 1.807) is 6.26 Å². The van der Waals surface area contributed by atoms with Crippen molar-refractivity contribution in [3.05, 3.63) is 0 Å². The minimum atomic E-state index is 0.213. The van der Waals surface area contributed by atoms with Crippen LogP contribution in [-0.2, 0) is 4.74 Å². The molecule has 0 aliphatic rings. The van der Waals surface area contributed by atoms with E-state index in [1.807, 2.05) is 41.8 Å². The molecular formula is C17H44N2OS. The highest BCUT2D eigenvalue weighted by atomic mass is 32.1. The lowest BCUT2D eigenvalue weighted by atomic mass is 9.93. The molecule has 2 N–H and O–H groups in total. The molecule has 21 heavy (non-hydrogen) atoms. The Kier molecular flexibility index (Phi) is 28.2. The summed E-state index contributed by atoms with van der Waals surface area (Å²) < 4.78 is 5.79. The second kappa shape index (κ2) is 20.2. The first-order valence-electron chi connectivity index (χ1n) is 8.15. The largest absolute Gasteiger partial charge is 0.380 e. The fourth-order valence-corrected chi connectivity index (χ4v) is 1.66. The number of thiol groups is 1. The van der Waals surface area contributed by atoms with Crippen molar-refractivity contribution in [2.45, 2.75) is 55.4 Å². The van der Waals surface area contributed by atoms with E-state index in [2.05, 4.69) is 51.0 Å². The summed E-state index contributed by atoms with van der Waals surface area (Å²) in [6, 6.07) is 0. The third-order valence-corrected chi connectivity index (χ3v) is 2.30. The molecular weight excluding hydrogens is 280 g/mol. The summed E-state index contributed by atoms with van der Waals surface area (Å²) in [6.45, 7) is 20.5. The number of rotatable bonds is 8. The third kappa shape index (κ3) is 25.5. The molecule has 0 aliphatic heterocycles. The molecule has 0 heterocycles. The maximum absolute atomic E-state index is 5.79. The Bertz CT molecular complexity index is 156. The molecule has 0 saturated heterocycles. The van der Waals surface area contributed by atoms with Crippen molar-refractivity contribution in [3.63, 3.8) is 0 Å². The van der Waals surface area contributed by atoms with Gasteiger partial charge in [0, 0.05) is 23.9 Å². The zero-order valence-electron chi connectivity index (χ0n) is 16.7. The van der Waals surface area contributed by atoms with Crippen molar-refractivity contribution in [1.82, 2.24) is 10.6 Å². The first kappa shape index (κ1) is 29.3. The van der Waals surface area contributed by atoms with Gasteiger partial charge in [-0.1, -0.05) is 55.4 Å². The molecule has 0 fully saturated rings. The van der Waals surface area contributed by atoms with Crippen LogP contribution in [0.4, 0.5) is 0 Å². The van der Waals surface area contributed by atoms with E-state index in [0.29, 0.717) is 0 Å². The van der Waals surface area contributed by atoms with Gasteiger partial charge < -0.3 is 15.4 Å². The van der Waals surface area contributed by atoms with Crippen LogP contribution in [0.3, 0.4) is 0 Å². The zero-order valence-corrected chi connectivity index (χ0v) is 17.6. The predicted molar refractivity (Wildman–Crippen MR) is 104 cm³/mol. The van der Waals surface area contributed by atoms with Crippen LogP contribution in [0.1, 0.15) is 55.4 Å². The molecule has 134 valence electrons. The van der Waals surface area contributed by atoms with E-state index in [9.17, 15) is 0 Å². The Balaban J connectivity index is -0.000000212. The first-order valence-corrected chi connectivity index (χ1v) is 9.04. The van der Waals surface area contributed by atoms with E-state index < -0.39 is 0 Å². The van der Waals surface area contributed by atoms with Crippen LogP contribution in [-0.4, -0.2) is 46.7 Å². The minimum Gasteiger partial charge on any atom is -0.380 e. The van der Waals surface area contributed by atoms with Crippen LogP contribution >= 0.6 is 12.6 Å². The van der Waals surface area contributed by atoms with Crippen molar-refractivity contribution in [2.75, 3.05) is 46.7 Å². The second-order valence-electron chi connectivity index (χ2n) is 5.88. The molecule has 0 aromatic carbocycles. The molecule has 4 heteroatoms. The number of ether oxygens (including phenoxy) is 1. The van der Waals surface area contributed by atoms with Crippen molar-refractivity contribution in [3.8, 4) is 0 Å². The molecule has 0 aromatic rings. The van der Waals surface area contributed by atoms with Crippen LogP contribution in [0.15, 0.2) is 0 Å². The standard InChI is InChI=1S/C12H28N2O.2C2H6.CH4S/c1-11(2,7-13-5)9-15-10-12(3,4)8-14-6;3*1-2/h13-14H,7-10H2,1-6H3;2*1-2H3;2H,1H3. The topological polar surface area (TPSA) is 33.3 Å². The van der Waals surface area contributed by atoms with Gasteiger partial charge in [0.2, 0.25) is 0 Å². The molecule has 0 bridgehead atoms. The lowest BCUT2D eigenvalue weighted by Gasteiger charge is -2.28. The van der Waals surface area contributed by atoms with Crippen LogP contribution < -0.4 is 10.6 Å². The summed E-state index contributed by atoms with van der Waals surface area (Å²) in [4.78, 5) is 0.